The van der Waals surface area contributed by atoms with Crippen LogP contribution in [0.3, 0.4) is 0 Å². The fourth-order valence-electron chi connectivity index (χ4n) is 3.29. The Morgan fingerprint density at radius 2 is 2.14 bits per heavy atom. The zero-order valence-corrected chi connectivity index (χ0v) is 16.2. The zero-order chi connectivity index (χ0) is 19.3. The van der Waals surface area contributed by atoms with E-state index in [-0.39, 0.29) is 6.04 Å². The van der Waals surface area contributed by atoms with E-state index in [1.165, 1.54) is 0 Å². The van der Waals surface area contributed by atoms with Crippen molar-refractivity contribution in [2.24, 2.45) is 4.99 Å². The SMILES string of the molecule is CCc1nc2n(n1)CC(NC(=NC)NCc1coc(-c3ccccc3)n1)CC2. The second kappa shape index (κ2) is 8.24. The third-order valence-corrected chi connectivity index (χ3v) is 4.79. The molecular weight excluding hydrogens is 354 g/mol. The molecular formula is C20H25N7O. The molecule has 0 saturated carbocycles. The fourth-order valence-corrected chi connectivity index (χ4v) is 3.29. The van der Waals surface area contributed by atoms with Gasteiger partial charge in [-0.3, -0.25) is 4.99 Å². The van der Waals surface area contributed by atoms with Crippen LogP contribution in [0.2, 0.25) is 0 Å². The number of hydrogen-bond donors (Lipinski definition) is 2. The minimum absolute atomic E-state index is 0.266. The van der Waals surface area contributed by atoms with Gasteiger partial charge in [0.15, 0.2) is 11.8 Å². The van der Waals surface area contributed by atoms with Gasteiger partial charge in [-0.05, 0) is 18.6 Å². The standard InChI is InChI=1S/C20H25N7O/c1-3-17-25-18-10-9-15(12-27(18)26-17)24-20(21-2)22-11-16-13-28-19(23-16)14-7-5-4-6-8-14/h4-8,13,15H,3,9-12H2,1-2H3,(H2,21,22,24). The molecule has 0 aliphatic carbocycles. The first-order chi connectivity index (χ1) is 13.7. The first kappa shape index (κ1) is 18.2. The lowest BCUT2D eigenvalue weighted by Crippen LogP contribution is -2.46. The van der Waals surface area contributed by atoms with Gasteiger partial charge in [0.25, 0.3) is 0 Å². The van der Waals surface area contributed by atoms with Crippen LogP contribution in [0.4, 0.5) is 0 Å². The molecule has 3 heterocycles. The first-order valence-corrected chi connectivity index (χ1v) is 9.64. The van der Waals surface area contributed by atoms with Crippen LogP contribution in [0.15, 0.2) is 46.0 Å². The van der Waals surface area contributed by atoms with Crippen LogP contribution in [0.1, 0.15) is 30.7 Å². The molecule has 0 bridgehead atoms. The van der Waals surface area contributed by atoms with E-state index in [9.17, 15) is 0 Å². The zero-order valence-electron chi connectivity index (χ0n) is 16.2. The number of nitrogens with one attached hydrogen (secondary N) is 2. The topological polar surface area (TPSA) is 93.2 Å². The van der Waals surface area contributed by atoms with E-state index < -0.39 is 0 Å². The summed E-state index contributed by atoms with van der Waals surface area (Å²) in [6.45, 7) is 3.42. The maximum absolute atomic E-state index is 5.59. The molecule has 0 amide bonds. The summed E-state index contributed by atoms with van der Waals surface area (Å²) in [6.07, 6.45) is 4.47. The molecule has 0 spiro atoms. The summed E-state index contributed by atoms with van der Waals surface area (Å²) >= 11 is 0. The van der Waals surface area contributed by atoms with Crippen molar-refractivity contribution < 1.29 is 4.42 Å². The van der Waals surface area contributed by atoms with Crippen LogP contribution < -0.4 is 10.6 Å². The van der Waals surface area contributed by atoms with Crippen LogP contribution in [0.25, 0.3) is 11.5 Å². The first-order valence-electron chi connectivity index (χ1n) is 9.64. The summed E-state index contributed by atoms with van der Waals surface area (Å²) in [6, 6.07) is 10.1. The molecule has 8 nitrogen and oxygen atoms in total. The fraction of sp³-hybridized carbons (Fsp3) is 0.400. The maximum Gasteiger partial charge on any atom is 0.226 e. The third kappa shape index (κ3) is 4.05. The molecule has 1 atom stereocenters. The van der Waals surface area contributed by atoms with E-state index in [0.29, 0.717) is 12.4 Å². The van der Waals surface area contributed by atoms with Gasteiger partial charge in [-0.1, -0.05) is 25.1 Å². The average molecular weight is 379 g/mol. The molecule has 1 unspecified atom stereocenters. The molecule has 4 rings (SSSR count). The van der Waals surface area contributed by atoms with E-state index >= 15 is 0 Å². The van der Waals surface area contributed by atoms with Gasteiger partial charge in [0.1, 0.15) is 12.1 Å². The Hall–Kier alpha value is -3.16. The molecule has 0 saturated heterocycles. The van der Waals surface area contributed by atoms with Gasteiger partial charge in [0.2, 0.25) is 5.89 Å². The normalized spacial score (nSPS) is 16.6. The average Bonchev–Trinajstić information content (AvgIpc) is 3.38. The number of hydrogen-bond acceptors (Lipinski definition) is 5. The van der Waals surface area contributed by atoms with Gasteiger partial charge in [-0.15, -0.1) is 0 Å². The van der Waals surface area contributed by atoms with E-state index in [1.54, 1.807) is 13.3 Å². The van der Waals surface area contributed by atoms with E-state index in [1.807, 2.05) is 35.0 Å². The Bertz CT molecular complexity index is 945. The molecule has 8 heteroatoms. The number of benzene rings is 1. The molecule has 0 radical (unpaired) electrons. The number of nitrogens with zero attached hydrogens (tertiary/aromatic N) is 5. The van der Waals surface area contributed by atoms with Crippen molar-refractivity contribution in [1.82, 2.24) is 30.4 Å². The summed E-state index contributed by atoms with van der Waals surface area (Å²) in [5, 5.41) is 11.3. The number of guanidine groups is 1. The van der Waals surface area contributed by atoms with Crippen molar-refractivity contribution in [1.29, 1.82) is 0 Å². The molecule has 146 valence electrons. The van der Waals surface area contributed by atoms with Crippen molar-refractivity contribution in [3.8, 4) is 11.5 Å². The summed E-state index contributed by atoms with van der Waals surface area (Å²) in [5.41, 5.74) is 1.80. The molecule has 1 aliphatic rings. The highest BCUT2D eigenvalue weighted by molar-refractivity contribution is 5.79. The number of fused-ring (bicyclic) bond motifs is 1. The Labute approximate surface area is 164 Å². The predicted octanol–water partition coefficient (Wildman–Crippen LogP) is 2.18. The molecule has 1 aliphatic heterocycles. The molecule has 28 heavy (non-hydrogen) atoms. The minimum Gasteiger partial charge on any atom is -0.444 e. The summed E-state index contributed by atoms with van der Waals surface area (Å²) in [4.78, 5) is 13.4. The van der Waals surface area contributed by atoms with Gasteiger partial charge in [0.05, 0.1) is 18.8 Å². The Kier molecular flexibility index (Phi) is 5.36. The van der Waals surface area contributed by atoms with Gasteiger partial charge >= 0.3 is 0 Å². The van der Waals surface area contributed by atoms with Crippen LogP contribution in [0, 0.1) is 0 Å². The van der Waals surface area contributed by atoms with Gasteiger partial charge in [-0.2, -0.15) is 5.10 Å². The summed E-state index contributed by atoms with van der Waals surface area (Å²) < 4.78 is 7.60. The van der Waals surface area contributed by atoms with Gasteiger partial charge in [-0.25, -0.2) is 14.6 Å². The number of oxazole rings is 1. The number of aryl methyl sites for hydroxylation is 2. The quantitative estimate of drug-likeness (QED) is 0.521. The van der Waals surface area contributed by atoms with Crippen molar-refractivity contribution in [2.75, 3.05) is 7.05 Å². The van der Waals surface area contributed by atoms with Crippen molar-refractivity contribution in [3.05, 3.63) is 53.9 Å². The molecule has 1 aromatic carbocycles. The second-order valence-corrected chi connectivity index (χ2v) is 6.80. The van der Waals surface area contributed by atoms with Crippen molar-refractivity contribution in [2.45, 2.75) is 45.3 Å². The number of aliphatic imine (C=N–C) groups is 1. The van der Waals surface area contributed by atoms with E-state index in [4.69, 9.17) is 4.42 Å². The van der Waals surface area contributed by atoms with Gasteiger partial charge in [0, 0.05) is 31.5 Å². The highest BCUT2D eigenvalue weighted by Gasteiger charge is 2.22. The van der Waals surface area contributed by atoms with Crippen LogP contribution in [-0.4, -0.2) is 38.8 Å². The molecule has 2 N–H and O–H groups in total. The predicted molar refractivity (Wildman–Crippen MR) is 107 cm³/mol. The molecule has 2 aromatic heterocycles. The van der Waals surface area contributed by atoms with Crippen molar-refractivity contribution in [3.63, 3.8) is 0 Å². The Morgan fingerprint density at radius 1 is 1.29 bits per heavy atom. The van der Waals surface area contributed by atoms with Gasteiger partial charge < -0.3 is 15.1 Å². The maximum atomic E-state index is 5.59. The number of aromatic nitrogens is 4. The highest BCUT2D eigenvalue weighted by Crippen LogP contribution is 2.18. The van der Waals surface area contributed by atoms with Crippen LogP contribution in [-0.2, 0) is 25.9 Å². The lowest BCUT2D eigenvalue weighted by Gasteiger charge is -2.25. The minimum atomic E-state index is 0.266. The summed E-state index contributed by atoms with van der Waals surface area (Å²) in [7, 11) is 1.77. The number of rotatable bonds is 5. The van der Waals surface area contributed by atoms with Crippen molar-refractivity contribution >= 4 is 5.96 Å². The highest BCUT2D eigenvalue weighted by atomic mass is 16.3. The second-order valence-electron chi connectivity index (χ2n) is 6.80. The lowest BCUT2D eigenvalue weighted by atomic mass is 10.1. The summed E-state index contributed by atoms with van der Waals surface area (Å²) in [5.74, 6) is 3.36. The molecule has 3 aromatic rings. The van der Waals surface area contributed by atoms with E-state index in [0.717, 1.165) is 54.7 Å². The monoisotopic (exact) mass is 379 g/mol. The van der Waals surface area contributed by atoms with Crippen LogP contribution in [0.5, 0.6) is 0 Å². The Morgan fingerprint density at radius 3 is 2.93 bits per heavy atom. The third-order valence-electron chi connectivity index (χ3n) is 4.79. The van der Waals surface area contributed by atoms with Crippen LogP contribution >= 0.6 is 0 Å². The van der Waals surface area contributed by atoms with E-state index in [2.05, 4.69) is 37.6 Å². The molecule has 0 fully saturated rings. The Balaban J connectivity index is 1.33. The smallest absolute Gasteiger partial charge is 0.226 e. The largest absolute Gasteiger partial charge is 0.444 e. The lowest BCUT2D eigenvalue weighted by molar-refractivity contribution is 0.392.